The van der Waals surface area contributed by atoms with E-state index in [1.807, 2.05) is 6.07 Å². The number of hydrogen-bond acceptors (Lipinski definition) is 5. The van der Waals surface area contributed by atoms with Gasteiger partial charge in [-0.3, -0.25) is 20.0 Å². The van der Waals surface area contributed by atoms with E-state index in [-0.39, 0.29) is 18.0 Å². The molecule has 6 heteroatoms. The summed E-state index contributed by atoms with van der Waals surface area (Å²) in [5.74, 6) is -0.739. The van der Waals surface area contributed by atoms with Crippen LogP contribution in [0.5, 0.6) is 0 Å². The average Bonchev–Trinajstić information content (AvgIpc) is 3.21. The molecule has 3 atom stereocenters. The minimum absolute atomic E-state index is 0.0789. The molecule has 2 aromatic carbocycles. The number of hydrazine groups is 1. The number of nitrogens with zero attached hydrogens (tertiary/aromatic N) is 2. The first-order chi connectivity index (χ1) is 14.2. The van der Waals surface area contributed by atoms with Gasteiger partial charge in [-0.05, 0) is 34.9 Å². The molecule has 2 aliphatic heterocycles. The van der Waals surface area contributed by atoms with E-state index in [2.05, 4.69) is 52.2 Å². The third kappa shape index (κ3) is 3.20. The summed E-state index contributed by atoms with van der Waals surface area (Å²) >= 11 is 0. The van der Waals surface area contributed by atoms with Gasteiger partial charge in [0.2, 0.25) is 0 Å². The van der Waals surface area contributed by atoms with Crippen LogP contribution in [-0.4, -0.2) is 40.7 Å². The van der Waals surface area contributed by atoms with E-state index in [9.17, 15) is 9.59 Å². The number of fused-ring (bicyclic) bond motifs is 2. The Hall–Kier alpha value is -3.09. The Kier molecular flexibility index (Phi) is 4.58. The fourth-order valence-electron chi connectivity index (χ4n) is 4.58. The molecule has 0 bridgehead atoms. The molecule has 5 rings (SSSR count). The summed E-state index contributed by atoms with van der Waals surface area (Å²) in [7, 11) is 0. The number of pyridine rings is 1. The first kappa shape index (κ1) is 18.0. The highest BCUT2D eigenvalue weighted by atomic mass is 16.2. The van der Waals surface area contributed by atoms with Gasteiger partial charge < -0.3 is 4.90 Å². The number of amides is 1. The van der Waals surface area contributed by atoms with E-state index in [0.29, 0.717) is 18.7 Å². The van der Waals surface area contributed by atoms with Crippen molar-refractivity contribution in [3.05, 3.63) is 78.1 Å². The molecular formula is C23H22N4O2. The molecule has 2 saturated heterocycles. The van der Waals surface area contributed by atoms with Crippen molar-refractivity contribution < 1.29 is 9.59 Å². The molecule has 29 heavy (non-hydrogen) atoms. The normalized spacial score (nSPS) is 23.7. The molecule has 1 aromatic heterocycles. The second kappa shape index (κ2) is 7.39. The van der Waals surface area contributed by atoms with Gasteiger partial charge in [-0.2, -0.15) is 0 Å². The van der Waals surface area contributed by atoms with Crippen molar-refractivity contribution in [2.24, 2.45) is 5.92 Å². The molecule has 0 radical (unpaired) electrons. The van der Waals surface area contributed by atoms with E-state index in [0.717, 1.165) is 6.42 Å². The number of benzene rings is 2. The van der Waals surface area contributed by atoms with Crippen LogP contribution in [0.4, 0.5) is 0 Å². The van der Waals surface area contributed by atoms with Crippen molar-refractivity contribution in [2.75, 3.05) is 13.1 Å². The topological polar surface area (TPSA) is 74.3 Å². The van der Waals surface area contributed by atoms with Crippen LogP contribution in [0.2, 0.25) is 0 Å². The third-order valence-electron chi connectivity index (χ3n) is 6.07. The number of carbonyl (C=O) groups is 2. The summed E-state index contributed by atoms with van der Waals surface area (Å²) in [4.78, 5) is 31.1. The minimum Gasteiger partial charge on any atom is -0.335 e. The van der Waals surface area contributed by atoms with Gasteiger partial charge in [0.1, 0.15) is 0 Å². The fourth-order valence-corrected chi connectivity index (χ4v) is 4.58. The SMILES string of the molecule is O=C(C(=O)N1CCC2NNC(c3cccc4ccccc34)C2C1)c1cccnc1. The lowest BCUT2D eigenvalue weighted by molar-refractivity contribution is -0.128. The van der Waals surface area contributed by atoms with Crippen LogP contribution in [0.1, 0.15) is 28.4 Å². The third-order valence-corrected chi connectivity index (χ3v) is 6.07. The number of likely N-dealkylation sites (tertiary alicyclic amines) is 1. The molecule has 146 valence electrons. The molecular weight excluding hydrogens is 364 g/mol. The number of Topliss-reactive ketones (excluding diaryl/α,β-unsaturated/α-hetero) is 1. The lowest BCUT2D eigenvalue weighted by atomic mass is 9.83. The van der Waals surface area contributed by atoms with Gasteiger partial charge in [0.15, 0.2) is 0 Å². The monoisotopic (exact) mass is 386 g/mol. The number of carbonyl (C=O) groups excluding carboxylic acids is 2. The molecule has 3 heterocycles. The maximum Gasteiger partial charge on any atom is 0.295 e. The van der Waals surface area contributed by atoms with Gasteiger partial charge in [-0.25, -0.2) is 5.43 Å². The predicted molar refractivity (Wildman–Crippen MR) is 110 cm³/mol. The summed E-state index contributed by atoms with van der Waals surface area (Å²) in [5, 5.41) is 2.41. The van der Waals surface area contributed by atoms with Crippen molar-refractivity contribution in [1.82, 2.24) is 20.7 Å². The highest BCUT2D eigenvalue weighted by molar-refractivity contribution is 6.42. The predicted octanol–water partition coefficient (Wildman–Crippen LogP) is 2.48. The van der Waals surface area contributed by atoms with Crippen molar-refractivity contribution in [2.45, 2.75) is 18.5 Å². The maximum atomic E-state index is 12.9. The Balaban J connectivity index is 1.40. The van der Waals surface area contributed by atoms with E-state index in [1.165, 1.54) is 22.5 Å². The zero-order valence-corrected chi connectivity index (χ0v) is 15.9. The Morgan fingerprint density at radius 3 is 2.72 bits per heavy atom. The lowest BCUT2D eigenvalue weighted by Crippen LogP contribution is -2.49. The zero-order chi connectivity index (χ0) is 19.8. The first-order valence-electron chi connectivity index (χ1n) is 9.95. The van der Waals surface area contributed by atoms with E-state index >= 15 is 0 Å². The van der Waals surface area contributed by atoms with Crippen LogP contribution in [0.25, 0.3) is 10.8 Å². The van der Waals surface area contributed by atoms with Crippen LogP contribution >= 0.6 is 0 Å². The molecule has 1 amide bonds. The summed E-state index contributed by atoms with van der Waals surface area (Å²) in [5.41, 5.74) is 8.41. The van der Waals surface area contributed by atoms with Crippen LogP contribution in [-0.2, 0) is 4.79 Å². The first-order valence-corrected chi connectivity index (χ1v) is 9.95. The second-order valence-electron chi connectivity index (χ2n) is 7.72. The van der Waals surface area contributed by atoms with E-state index < -0.39 is 11.7 Å². The molecule has 0 spiro atoms. The summed E-state index contributed by atoms with van der Waals surface area (Å²) in [6, 6.07) is 18.3. The molecule has 3 unspecified atom stereocenters. The van der Waals surface area contributed by atoms with Gasteiger partial charge >= 0.3 is 0 Å². The quantitative estimate of drug-likeness (QED) is 0.534. The van der Waals surface area contributed by atoms with Crippen molar-refractivity contribution in [1.29, 1.82) is 0 Å². The smallest absolute Gasteiger partial charge is 0.295 e. The Morgan fingerprint density at radius 2 is 1.86 bits per heavy atom. The van der Waals surface area contributed by atoms with E-state index in [1.54, 1.807) is 23.2 Å². The standard InChI is InChI=1S/C23H22N4O2/c28-22(16-7-4-11-24-13-16)23(29)27-12-10-20-19(14-27)21(26-25-20)18-9-3-6-15-5-1-2-8-17(15)18/h1-9,11,13,19-21,25-26H,10,12,14H2. The number of nitrogens with one attached hydrogen (secondary N) is 2. The molecule has 2 fully saturated rings. The summed E-state index contributed by atoms with van der Waals surface area (Å²) in [6.45, 7) is 1.12. The van der Waals surface area contributed by atoms with Crippen LogP contribution in [0.15, 0.2) is 67.0 Å². The van der Waals surface area contributed by atoms with Gasteiger partial charge in [-0.1, -0.05) is 42.5 Å². The molecule has 0 aliphatic carbocycles. The summed E-state index contributed by atoms with van der Waals surface area (Å²) < 4.78 is 0. The number of hydrogen-bond donors (Lipinski definition) is 2. The van der Waals surface area contributed by atoms with Crippen molar-refractivity contribution in [3.8, 4) is 0 Å². The fraction of sp³-hybridized carbons (Fsp3) is 0.261. The van der Waals surface area contributed by atoms with E-state index in [4.69, 9.17) is 0 Å². The molecule has 6 nitrogen and oxygen atoms in total. The van der Waals surface area contributed by atoms with Crippen LogP contribution < -0.4 is 10.9 Å². The Bertz CT molecular complexity index is 1060. The number of piperidine rings is 1. The highest BCUT2D eigenvalue weighted by Crippen LogP contribution is 2.36. The minimum atomic E-state index is -0.489. The van der Waals surface area contributed by atoms with Gasteiger partial charge in [-0.15, -0.1) is 0 Å². The van der Waals surface area contributed by atoms with Gasteiger partial charge in [0, 0.05) is 43.0 Å². The molecule has 3 aromatic rings. The number of ketones is 1. The van der Waals surface area contributed by atoms with Gasteiger partial charge in [0.25, 0.3) is 11.7 Å². The molecule has 2 N–H and O–H groups in total. The van der Waals surface area contributed by atoms with Crippen LogP contribution in [0.3, 0.4) is 0 Å². The molecule has 2 aliphatic rings. The van der Waals surface area contributed by atoms with Crippen LogP contribution in [0, 0.1) is 5.92 Å². The highest BCUT2D eigenvalue weighted by Gasteiger charge is 2.42. The lowest BCUT2D eigenvalue weighted by Gasteiger charge is -2.36. The largest absolute Gasteiger partial charge is 0.335 e. The Labute approximate surface area is 168 Å². The van der Waals surface area contributed by atoms with Crippen molar-refractivity contribution in [3.63, 3.8) is 0 Å². The Morgan fingerprint density at radius 1 is 1.00 bits per heavy atom. The zero-order valence-electron chi connectivity index (χ0n) is 15.9. The second-order valence-corrected chi connectivity index (χ2v) is 7.72. The number of aromatic nitrogens is 1. The maximum absolute atomic E-state index is 12.9. The average molecular weight is 386 g/mol. The van der Waals surface area contributed by atoms with Gasteiger partial charge in [0.05, 0.1) is 6.04 Å². The van der Waals surface area contributed by atoms with Crippen molar-refractivity contribution >= 4 is 22.5 Å². The molecule has 0 saturated carbocycles. The number of rotatable bonds is 3. The summed E-state index contributed by atoms with van der Waals surface area (Å²) in [6.07, 6.45) is 3.85.